The first-order chi connectivity index (χ1) is 14.6. The highest BCUT2D eigenvalue weighted by Crippen LogP contribution is 2.42. The molecular formula is C27H38F2O. The molecule has 0 heterocycles. The lowest BCUT2D eigenvalue weighted by atomic mass is 9.69. The molecular weight excluding hydrogens is 378 g/mol. The molecule has 1 nitrogen and oxygen atoms in total. The summed E-state index contributed by atoms with van der Waals surface area (Å²) in [6.07, 6.45) is 14.8. The van der Waals surface area contributed by atoms with Crippen LogP contribution in [0.2, 0.25) is 0 Å². The zero-order valence-electron chi connectivity index (χ0n) is 18.8. The van der Waals surface area contributed by atoms with Gasteiger partial charge in [-0.15, -0.1) is 0 Å². The summed E-state index contributed by atoms with van der Waals surface area (Å²) in [5.74, 6) is 7.35. The minimum absolute atomic E-state index is 0.0133. The smallest absolute Gasteiger partial charge is 0.201 e. The number of ether oxygens (including phenoxy) is 1. The van der Waals surface area contributed by atoms with E-state index in [4.69, 9.17) is 4.74 Å². The van der Waals surface area contributed by atoms with Crippen LogP contribution in [0, 0.1) is 47.1 Å². The van der Waals surface area contributed by atoms with Crippen LogP contribution in [0.4, 0.5) is 8.78 Å². The summed E-state index contributed by atoms with van der Waals surface area (Å²) >= 11 is 0. The fraction of sp³-hybridized carbons (Fsp3) is 0.704. The van der Waals surface area contributed by atoms with Gasteiger partial charge in [-0.3, -0.25) is 0 Å². The number of rotatable bonds is 7. The first kappa shape index (κ1) is 23.1. The van der Waals surface area contributed by atoms with Crippen molar-refractivity contribution in [2.45, 2.75) is 90.9 Å². The molecule has 2 fully saturated rings. The van der Waals surface area contributed by atoms with Crippen molar-refractivity contribution in [1.82, 2.24) is 0 Å². The fourth-order valence-electron chi connectivity index (χ4n) is 5.34. The van der Waals surface area contributed by atoms with Gasteiger partial charge in [-0.05, 0) is 74.8 Å². The van der Waals surface area contributed by atoms with Gasteiger partial charge in [-0.2, -0.15) is 4.39 Å². The van der Waals surface area contributed by atoms with E-state index in [2.05, 4.69) is 18.8 Å². The molecule has 0 radical (unpaired) electrons. The molecule has 1 aromatic rings. The quantitative estimate of drug-likeness (QED) is 0.324. The highest BCUT2D eigenvalue weighted by atomic mass is 19.2. The van der Waals surface area contributed by atoms with Crippen LogP contribution in [0.3, 0.4) is 0 Å². The van der Waals surface area contributed by atoms with E-state index in [1.165, 1.54) is 57.4 Å². The zero-order chi connectivity index (χ0) is 21.3. The molecule has 0 saturated heterocycles. The molecule has 2 saturated carbocycles. The van der Waals surface area contributed by atoms with E-state index in [0.29, 0.717) is 12.5 Å². The Kier molecular flexibility index (Phi) is 9.04. The first-order valence-corrected chi connectivity index (χ1v) is 12.2. The molecule has 0 atom stereocenters. The third-order valence-electron chi connectivity index (χ3n) is 7.24. The van der Waals surface area contributed by atoms with E-state index >= 15 is 0 Å². The first-order valence-electron chi connectivity index (χ1n) is 12.2. The van der Waals surface area contributed by atoms with Crippen molar-refractivity contribution in [3.8, 4) is 17.6 Å². The Hall–Kier alpha value is -1.56. The molecule has 0 amide bonds. The lowest BCUT2D eigenvalue weighted by Gasteiger charge is -2.37. The number of hydrogen-bond donors (Lipinski definition) is 0. The number of unbranched alkanes of at least 4 members (excludes halogenated alkanes) is 1. The molecule has 0 bridgehead atoms. The van der Waals surface area contributed by atoms with E-state index < -0.39 is 11.6 Å². The van der Waals surface area contributed by atoms with Crippen molar-refractivity contribution in [3.63, 3.8) is 0 Å². The van der Waals surface area contributed by atoms with E-state index in [0.717, 1.165) is 43.4 Å². The van der Waals surface area contributed by atoms with Gasteiger partial charge in [0, 0.05) is 5.92 Å². The Labute approximate surface area is 182 Å². The molecule has 3 rings (SSSR count). The van der Waals surface area contributed by atoms with Crippen molar-refractivity contribution >= 4 is 0 Å². The van der Waals surface area contributed by atoms with Crippen LogP contribution in [0.1, 0.15) is 96.5 Å². The van der Waals surface area contributed by atoms with E-state index in [9.17, 15) is 8.78 Å². The molecule has 0 spiro atoms. The molecule has 166 valence electrons. The van der Waals surface area contributed by atoms with Crippen LogP contribution in [-0.2, 0) is 0 Å². The summed E-state index contributed by atoms with van der Waals surface area (Å²) in [6.45, 7) is 4.73. The monoisotopic (exact) mass is 416 g/mol. The van der Waals surface area contributed by atoms with Crippen molar-refractivity contribution < 1.29 is 13.5 Å². The minimum atomic E-state index is -0.916. The van der Waals surface area contributed by atoms with Crippen molar-refractivity contribution in [1.29, 1.82) is 0 Å². The molecule has 0 aliphatic heterocycles. The molecule has 1 aromatic carbocycles. The summed E-state index contributed by atoms with van der Waals surface area (Å²) in [6, 6.07) is 3.05. The van der Waals surface area contributed by atoms with Gasteiger partial charge in [0.05, 0.1) is 12.2 Å². The predicted octanol–water partition coefficient (Wildman–Crippen LogP) is 7.91. The fourth-order valence-corrected chi connectivity index (χ4v) is 5.34. The molecule has 0 aromatic heterocycles. The van der Waals surface area contributed by atoms with Crippen LogP contribution in [0.5, 0.6) is 5.75 Å². The third kappa shape index (κ3) is 6.22. The maximum Gasteiger partial charge on any atom is 0.201 e. The minimum Gasteiger partial charge on any atom is -0.490 e. The summed E-state index contributed by atoms with van der Waals surface area (Å²) in [5.41, 5.74) is 0.145. The maximum atomic E-state index is 14.4. The highest BCUT2D eigenvalue weighted by Gasteiger charge is 2.30. The normalized spacial score (nSPS) is 26.7. The van der Waals surface area contributed by atoms with Crippen molar-refractivity contribution in [3.05, 3.63) is 29.3 Å². The molecule has 0 unspecified atom stereocenters. The lowest BCUT2D eigenvalue weighted by molar-refractivity contribution is 0.154. The van der Waals surface area contributed by atoms with Gasteiger partial charge in [0.2, 0.25) is 5.82 Å². The Bertz CT molecular complexity index is 716. The highest BCUT2D eigenvalue weighted by molar-refractivity contribution is 5.41. The Morgan fingerprint density at radius 3 is 2.17 bits per heavy atom. The lowest BCUT2D eigenvalue weighted by Crippen LogP contribution is -2.25. The summed E-state index contributed by atoms with van der Waals surface area (Å²) in [7, 11) is 0. The van der Waals surface area contributed by atoms with E-state index in [1.54, 1.807) is 6.07 Å². The van der Waals surface area contributed by atoms with E-state index in [-0.39, 0.29) is 11.3 Å². The van der Waals surface area contributed by atoms with Crippen molar-refractivity contribution in [2.24, 2.45) is 23.7 Å². The van der Waals surface area contributed by atoms with Crippen LogP contribution < -0.4 is 4.74 Å². The van der Waals surface area contributed by atoms with Gasteiger partial charge < -0.3 is 4.74 Å². The van der Waals surface area contributed by atoms with Crippen molar-refractivity contribution in [2.75, 3.05) is 6.61 Å². The maximum absolute atomic E-state index is 14.4. The number of benzene rings is 1. The van der Waals surface area contributed by atoms with Crippen LogP contribution in [-0.4, -0.2) is 6.61 Å². The summed E-state index contributed by atoms with van der Waals surface area (Å²) < 4.78 is 33.9. The van der Waals surface area contributed by atoms with Gasteiger partial charge in [0.1, 0.15) is 0 Å². The van der Waals surface area contributed by atoms with Gasteiger partial charge in [0.25, 0.3) is 0 Å². The van der Waals surface area contributed by atoms with Gasteiger partial charge in [-0.25, -0.2) is 4.39 Å². The molecule has 3 heteroatoms. The number of halogens is 2. The predicted molar refractivity (Wildman–Crippen MR) is 119 cm³/mol. The molecule has 0 N–H and O–H groups in total. The average Bonchev–Trinajstić information content (AvgIpc) is 2.77. The second-order valence-electron chi connectivity index (χ2n) is 9.39. The molecule has 30 heavy (non-hydrogen) atoms. The second kappa shape index (κ2) is 11.7. The Morgan fingerprint density at radius 2 is 1.53 bits per heavy atom. The average molecular weight is 417 g/mol. The Morgan fingerprint density at radius 1 is 0.867 bits per heavy atom. The third-order valence-corrected chi connectivity index (χ3v) is 7.24. The summed E-state index contributed by atoms with van der Waals surface area (Å²) in [4.78, 5) is 0. The summed E-state index contributed by atoms with van der Waals surface area (Å²) in [5, 5.41) is 0. The standard InChI is InChI=1S/C27H38F2O/c1-3-5-19-30-25-18-17-24(26(28)27(25)29)16-11-21-9-14-23(15-10-21)22-12-7-20(6-4-2)8-13-22/h17-18,20-23H,3-10,12-15,19H2,1-2H3/t20-,21-,22-,23-. The van der Waals surface area contributed by atoms with Crippen LogP contribution >= 0.6 is 0 Å². The van der Waals surface area contributed by atoms with Crippen LogP contribution in [0.25, 0.3) is 0 Å². The number of hydrogen-bond acceptors (Lipinski definition) is 1. The zero-order valence-corrected chi connectivity index (χ0v) is 18.8. The second-order valence-corrected chi connectivity index (χ2v) is 9.39. The van der Waals surface area contributed by atoms with Crippen LogP contribution in [0.15, 0.2) is 12.1 Å². The van der Waals surface area contributed by atoms with Gasteiger partial charge >= 0.3 is 0 Å². The molecule has 2 aliphatic rings. The van der Waals surface area contributed by atoms with Gasteiger partial charge in [0.15, 0.2) is 11.6 Å². The van der Waals surface area contributed by atoms with E-state index in [1.807, 2.05) is 6.92 Å². The SMILES string of the molecule is CCCCOc1ccc(C#C[C@H]2CC[C@H]([C@H]3CC[C@H](CCC)CC3)CC2)c(F)c1F. The largest absolute Gasteiger partial charge is 0.490 e. The van der Waals surface area contributed by atoms with Gasteiger partial charge in [-0.1, -0.05) is 57.8 Å². The molecule has 2 aliphatic carbocycles. The topological polar surface area (TPSA) is 9.23 Å². The Balaban J connectivity index is 1.49.